The van der Waals surface area contributed by atoms with Crippen LogP contribution in [0.2, 0.25) is 0 Å². The van der Waals surface area contributed by atoms with Gasteiger partial charge in [-0.25, -0.2) is 4.79 Å². The van der Waals surface area contributed by atoms with E-state index in [1.54, 1.807) is 7.05 Å². The van der Waals surface area contributed by atoms with Gasteiger partial charge >= 0.3 is 5.69 Å². The Balaban J connectivity index is 2.04. The minimum atomic E-state index is -0.314. The van der Waals surface area contributed by atoms with Crippen molar-refractivity contribution in [2.24, 2.45) is 13.0 Å². The minimum Gasteiger partial charge on any atom is -0.307 e. The molecule has 1 aromatic carbocycles. The average Bonchev–Trinajstić information content (AvgIpc) is 3.22. The van der Waals surface area contributed by atoms with Gasteiger partial charge < -0.3 is 4.57 Å². The molecule has 3 aromatic heterocycles. The smallest absolute Gasteiger partial charge is 0.307 e. The van der Waals surface area contributed by atoms with Crippen LogP contribution in [0.4, 0.5) is 0 Å². The number of imidazole rings is 2. The van der Waals surface area contributed by atoms with E-state index < -0.39 is 0 Å². The Morgan fingerprint density at radius 1 is 1.00 bits per heavy atom. The molecular weight excluding hydrogens is 378 g/mol. The molecule has 0 bridgehead atoms. The second-order valence-corrected chi connectivity index (χ2v) is 8.53. The Hall–Kier alpha value is -3.09. The molecule has 3 heterocycles. The van der Waals surface area contributed by atoms with E-state index in [1.807, 2.05) is 29.5 Å². The van der Waals surface area contributed by atoms with Crippen molar-refractivity contribution >= 4 is 16.9 Å². The van der Waals surface area contributed by atoms with Gasteiger partial charge in [-0.3, -0.25) is 18.3 Å². The lowest BCUT2D eigenvalue weighted by Gasteiger charge is -2.16. The highest BCUT2D eigenvalue weighted by Crippen LogP contribution is 2.27. The van der Waals surface area contributed by atoms with Gasteiger partial charge in [0, 0.05) is 25.0 Å². The van der Waals surface area contributed by atoms with Gasteiger partial charge in [0.2, 0.25) is 5.78 Å². The highest BCUT2D eigenvalue weighted by molar-refractivity contribution is 5.76. The maximum absolute atomic E-state index is 13.4. The van der Waals surface area contributed by atoms with Crippen LogP contribution in [0.25, 0.3) is 16.9 Å². The summed E-state index contributed by atoms with van der Waals surface area (Å²) in [5.41, 5.74) is 3.49. The Morgan fingerprint density at radius 3 is 2.30 bits per heavy atom. The van der Waals surface area contributed by atoms with Crippen molar-refractivity contribution in [3.05, 3.63) is 68.1 Å². The number of aromatic nitrogens is 5. The minimum absolute atomic E-state index is 0.0411. The predicted octanol–water partition coefficient (Wildman–Crippen LogP) is 3.42. The first-order chi connectivity index (χ1) is 14.2. The molecule has 0 aliphatic rings. The van der Waals surface area contributed by atoms with Crippen LogP contribution in [0, 0.1) is 19.8 Å². The standard InChI is InChI=1S/C23H29N5O2/c1-14(2)12-13-26-21(29)19-20(25(6)23(26)30)24-22-27(15(3)16(4)28(19)22)17(5)18-10-8-7-9-11-18/h7-11,14,17H,12-13H2,1-6H3/t17-/m0/s1. The van der Waals surface area contributed by atoms with Gasteiger partial charge in [-0.2, -0.15) is 4.98 Å². The van der Waals surface area contributed by atoms with E-state index in [-0.39, 0.29) is 17.3 Å². The van der Waals surface area contributed by atoms with Crippen LogP contribution in [-0.2, 0) is 13.6 Å². The summed E-state index contributed by atoms with van der Waals surface area (Å²) in [6, 6.07) is 10.3. The molecule has 0 saturated carbocycles. The molecule has 0 saturated heterocycles. The largest absolute Gasteiger partial charge is 0.332 e. The Kier molecular flexibility index (Phi) is 4.92. The number of fused-ring (bicyclic) bond motifs is 3. The van der Waals surface area contributed by atoms with Gasteiger partial charge in [0.1, 0.15) is 0 Å². The predicted molar refractivity (Wildman–Crippen MR) is 119 cm³/mol. The van der Waals surface area contributed by atoms with Crippen LogP contribution >= 0.6 is 0 Å². The zero-order valence-corrected chi connectivity index (χ0v) is 18.5. The Bertz CT molecular complexity index is 1350. The fourth-order valence-corrected chi connectivity index (χ4v) is 4.20. The molecule has 0 spiro atoms. The lowest BCUT2D eigenvalue weighted by molar-refractivity contribution is 0.488. The summed E-state index contributed by atoms with van der Waals surface area (Å²) in [7, 11) is 1.69. The molecule has 0 amide bonds. The monoisotopic (exact) mass is 407 g/mol. The van der Waals surface area contributed by atoms with Crippen LogP contribution in [0.1, 0.15) is 50.2 Å². The molecule has 7 heteroatoms. The second kappa shape index (κ2) is 7.31. The summed E-state index contributed by atoms with van der Waals surface area (Å²) in [6.45, 7) is 10.8. The number of hydrogen-bond donors (Lipinski definition) is 0. The SMILES string of the molecule is Cc1c(C)n2c3c(=O)n(CCC(C)C)c(=O)n(C)c3nc2n1[C@@H](C)c1ccccc1. The molecule has 0 radical (unpaired) electrons. The van der Waals surface area contributed by atoms with Crippen molar-refractivity contribution in [3.8, 4) is 0 Å². The lowest BCUT2D eigenvalue weighted by atomic mass is 10.1. The van der Waals surface area contributed by atoms with Gasteiger partial charge in [-0.15, -0.1) is 0 Å². The Morgan fingerprint density at radius 2 is 1.67 bits per heavy atom. The molecular formula is C23H29N5O2. The van der Waals surface area contributed by atoms with E-state index in [1.165, 1.54) is 9.13 Å². The van der Waals surface area contributed by atoms with Crippen molar-refractivity contribution in [2.45, 2.75) is 53.6 Å². The van der Waals surface area contributed by atoms with Crippen molar-refractivity contribution in [3.63, 3.8) is 0 Å². The first-order valence-electron chi connectivity index (χ1n) is 10.5. The molecule has 0 unspecified atom stereocenters. The van der Waals surface area contributed by atoms with Gasteiger partial charge in [0.05, 0.1) is 6.04 Å². The Labute approximate surface area is 175 Å². The van der Waals surface area contributed by atoms with E-state index in [0.29, 0.717) is 29.4 Å². The molecule has 0 N–H and O–H groups in total. The van der Waals surface area contributed by atoms with Gasteiger partial charge in [0.25, 0.3) is 5.56 Å². The summed E-state index contributed by atoms with van der Waals surface area (Å²) in [5, 5.41) is 0. The zero-order valence-electron chi connectivity index (χ0n) is 18.5. The highest BCUT2D eigenvalue weighted by Gasteiger charge is 2.24. The van der Waals surface area contributed by atoms with Crippen LogP contribution < -0.4 is 11.2 Å². The van der Waals surface area contributed by atoms with Gasteiger partial charge in [0.15, 0.2) is 11.2 Å². The highest BCUT2D eigenvalue weighted by atomic mass is 16.2. The number of benzene rings is 1. The summed E-state index contributed by atoms with van der Waals surface area (Å²) in [4.78, 5) is 31.0. The zero-order chi connectivity index (χ0) is 21.7. The molecule has 158 valence electrons. The van der Waals surface area contributed by atoms with E-state index in [9.17, 15) is 9.59 Å². The van der Waals surface area contributed by atoms with Crippen molar-refractivity contribution in [1.29, 1.82) is 0 Å². The van der Waals surface area contributed by atoms with E-state index in [4.69, 9.17) is 4.98 Å². The third-order valence-electron chi connectivity index (χ3n) is 6.16. The van der Waals surface area contributed by atoms with Crippen molar-refractivity contribution < 1.29 is 0 Å². The van der Waals surface area contributed by atoms with E-state index >= 15 is 0 Å². The molecule has 0 aliphatic carbocycles. The summed E-state index contributed by atoms with van der Waals surface area (Å²) >= 11 is 0. The average molecular weight is 408 g/mol. The number of hydrogen-bond acceptors (Lipinski definition) is 3. The third-order valence-corrected chi connectivity index (χ3v) is 6.16. The van der Waals surface area contributed by atoms with Gasteiger partial charge in [-0.1, -0.05) is 44.2 Å². The van der Waals surface area contributed by atoms with Crippen molar-refractivity contribution in [1.82, 2.24) is 23.1 Å². The lowest BCUT2D eigenvalue weighted by Crippen LogP contribution is -2.39. The number of nitrogens with zero attached hydrogens (tertiary/aromatic N) is 5. The maximum atomic E-state index is 13.4. The number of aryl methyl sites for hydroxylation is 2. The molecule has 4 rings (SSSR count). The molecule has 4 aromatic rings. The summed E-state index contributed by atoms with van der Waals surface area (Å²) < 4.78 is 6.91. The molecule has 30 heavy (non-hydrogen) atoms. The third kappa shape index (κ3) is 2.91. The fraction of sp³-hybridized carbons (Fsp3) is 0.435. The van der Waals surface area contributed by atoms with Crippen molar-refractivity contribution in [2.75, 3.05) is 0 Å². The topological polar surface area (TPSA) is 66.2 Å². The molecule has 7 nitrogen and oxygen atoms in total. The fourth-order valence-electron chi connectivity index (χ4n) is 4.20. The summed E-state index contributed by atoms with van der Waals surface area (Å²) in [6.07, 6.45) is 0.770. The van der Waals surface area contributed by atoms with Gasteiger partial charge in [-0.05, 0) is 38.7 Å². The molecule has 0 aliphatic heterocycles. The van der Waals surface area contributed by atoms with E-state index in [0.717, 1.165) is 23.4 Å². The second-order valence-electron chi connectivity index (χ2n) is 8.53. The molecule has 0 fully saturated rings. The quantitative estimate of drug-likeness (QED) is 0.509. The van der Waals surface area contributed by atoms with Crippen LogP contribution in [0.3, 0.4) is 0 Å². The molecule has 1 atom stereocenters. The van der Waals surface area contributed by atoms with Crippen LogP contribution in [-0.4, -0.2) is 23.1 Å². The first kappa shape index (κ1) is 20.2. The van der Waals surface area contributed by atoms with Crippen LogP contribution in [0.15, 0.2) is 39.9 Å². The maximum Gasteiger partial charge on any atom is 0.332 e. The first-order valence-corrected chi connectivity index (χ1v) is 10.5. The normalized spacial score (nSPS) is 13.0. The van der Waals surface area contributed by atoms with Crippen LogP contribution in [0.5, 0.6) is 0 Å². The number of rotatable bonds is 5. The summed E-state index contributed by atoms with van der Waals surface area (Å²) in [5.74, 6) is 1.09. The van der Waals surface area contributed by atoms with E-state index in [2.05, 4.69) is 44.4 Å².